The van der Waals surface area contributed by atoms with Crippen molar-refractivity contribution in [1.82, 2.24) is 30.4 Å². The lowest BCUT2D eigenvalue weighted by Crippen LogP contribution is -2.04. The number of tetrazole rings is 1. The van der Waals surface area contributed by atoms with E-state index >= 15 is 0 Å². The maximum absolute atomic E-state index is 5.38. The summed E-state index contributed by atoms with van der Waals surface area (Å²) >= 11 is 1.40. The van der Waals surface area contributed by atoms with E-state index in [-0.39, 0.29) is 6.54 Å². The SMILES string of the molecule is CCCn1nnnc1CSc1nnc(CN)o1. The van der Waals surface area contributed by atoms with Crippen molar-refractivity contribution in [2.45, 2.75) is 37.4 Å². The number of aromatic nitrogens is 6. The number of hydrogen-bond donors (Lipinski definition) is 1. The summed E-state index contributed by atoms with van der Waals surface area (Å²) in [6.07, 6.45) is 0.987. The fraction of sp³-hybridized carbons (Fsp3) is 0.625. The van der Waals surface area contributed by atoms with E-state index in [9.17, 15) is 0 Å². The molecule has 8 nitrogen and oxygen atoms in total. The smallest absolute Gasteiger partial charge is 0.277 e. The highest BCUT2D eigenvalue weighted by atomic mass is 32.2. The Balaban J connectivity index is 1.94. The van der Waals surface area contributed by atoms with E-state index in [0.717, 1.165) is 18.8 Å². The highest BCUT2D eigenvalue weighted by Crippen LogP contribution is 2.19. The molecule has 17 heavy (non-hydrogen) atoms. The van der Waals surface area contributed by atoms with E-state index in [1.165, 1.54) is 11.8 Å². The molecule has 2 aromatic heterocycles. The topological polar surface area (TPSA) is 109 Å². The lowest BCUT2D eigenvalue weighted by molar-refractivity contribution is 0.414. The first-order chi connectivity index (χ1) is 8.33. The summed E-state index contributed by atoms with van der Waals surface area (Å²) in [6, 6.07) is 0. The van der Waals surface area contributed by atoms with E-state index < -0.39 is 0 Å². The molecule has 0 saturated carbocycles. The van der Waals surface area contributed by atoms with Crippen LogP contribution in [-0.2, 0) is 18.8 Å². The molecule has 0 bridgehead atoms. The van der Waals surface area contributed by atoms with Gasteiger partial charge >= 0.3 is 0 Å². The Morgan fingerprint density at radius 2 is 2.24 bits per heavy atom. The summed E-state index contributed by atoms with van der Waals surface area (Å²) in [4.78, 5) is 0. The van der Waals surface area contributed by atoms with Crippen molar-refractivity contribution < 1.29 is 4.42 Å². The molecule has 0 aliphatic heterocycles. The molecule has 0 amide bonds. The number of rotatable bonds is 6. The molecule has 0 radical (unpaired) electrons. The molecule has 0 fully saturated rings. The van der Waals surface area contributed by atoms with Crippen LogP contribution in [0, 0.1) is 0 Å². The molecule has 0 unspecified atom stereocenters. The Kier molecular flexibility index (Phi) is 4.04. The molecule has 0 spiro atoms. The van der Waals surface area contributed by atoms with Crippen molar-refractivity contribution in [3.8, 4) is 0 Å². The van der Waals surface area contributed by atoms with Gasteiger partial charge in [0.15, 0.2) is 5.82 Å². The lowest BCUT2D eigenvalue weighted by atomic mass is 10.5. The van der Waals surface area contributed by atoms with Gasteiger partial charge in [-0.25, -0.2) is 4.68 Å². The number of nitrogens with zero attached hydrogens (tertiary/aromatic N) is 6. The zero-order valence-corrected chi connectivity index (χ0v) is 10.2. The van der Waals surface area contributed by atoms with Gasteiger partial charge in [-0.1, -0.05) is 18.7 Å². The molecule has 2 N–H and O–H groups in total. The highest BCUT2D eigenvalue weighted by molar-refractivity contribution is 7.98. The number of aryl methyl sites for hydroxylation is 1. The van der Waals surface area contributed by atoms with Crippen LogP contribution in [0.15, 0.2) is 9.64 Å². The molecule has 92 valence electrons. The Hall–Kier alpha value is -1.48. The Labute approximate surface area is 102 Å². The zero-order chi connectivity index (χ0) is 12.1. The Bertz CT molecular complexity index is 468. The fourth-order valence-electron chi connectivity index (χ4n) is 1.22. The van der Waals surface area contributed by atoms with Crippen LogP contribution >= 0.6 is 11.8 Å². The summed E-state index contributed by atoms with van der Waals surface area (Å²) in [5.74, 6) is 1.82. The molecule has 9 heteroatoms. The third-order valence-corrected chi connectivity index (χ3v) is 2.80. The predicted octanol–water partition coefficient (Wildman–Crippen LogP) is 0.217. The van der Waals surface area contributed by atoms with Gasteiger partial charge in [0.2, 0.25) is 5.89 Å². The first-order valence-electron chi connectivity index (χ1n) is 5.23. The molecule has 0 saturated heterocycles. The standard InChI is InChI=1S/C8H13N7OS/c1-2-3-15-6(10-13-14-15)5-17-8-12-11-7(4-9)16-8/h2-5,9H2,1H3. The van der Waals surface area contributed by atoms with Crippen LogP contribution in [0.3, 0.4) is 0 Å². The van der Waals surface area contributed by atoms with E-state index in [4.69, 9.17) is 10.2 Å². The van der Waals surface area contributed by atoms with Gasteiger partial charge in [0.1, 0.15) is 0 Å². The van der Waals surface area contributed by atoms with Crippen molar-refractivity contribution in [2.24, 2.45) is 5.73 Å². The summed E-state index contributed by atoms with van der Waals surface area (Å²) in [5, 5.41) is 19.6. The molecule has 0 aliphatic rings. The second-order valence-corrected chi connectivity index (χ2v) is 4.20. The monoisotopic (exact) mass is 255 g/mol. The molecular formula is C8H13N7OS. The molecule has 0 aromatic carbocycles. The summed E-state index contributed by atoms with van der Waals surface area (Å²) in [5.41, 5.74) is 5.38. The molecular weight excluding hydrogens is 242 g/mol. The predicted molar refractivity (Wildman–Crippen MR) is 59.9 cm³/mol. The fourth-order valence-corrected chi connectivity index (χ4v) is 1.93. The van der Waals surface area contributed by atoms with Crippen LogP contribution in [0.2, 0.25) is 0 Å². The molecule has 0 aliphatic carbocycles. The minimum absolute atomic E-state index is 0.251. The van der Waals surface area contributed by atoms with Gasteiger partial charge in [-0.2, -0.15) is 0 Å². The Morgan fingerprint density at radius 3 is 2.94 bits per heavy atom. The average molecular weight is 255 g/mol. The van der Waals surface area contributed by atoms with E-state index in [0.29, 0.717) is 16.9 Å². The van der Waals surface area contributed by atoms with Crippen LogP contribution in [-0.4, -0.2) is 30.4 Å². The van der Waals surface area contributed by atoms with Crippen molar-refractivity contribution in [2.75, 3.05) is 0 Å². The van der Waals surface area contributed by atoms with Crippen LogP contribution < -0.4 is 5.73 Å². The summed E-state index contributed by atoms with van der Waals surface area (Å²) < 4.78 is 7.04. The van der Waals surface area contributed by atoms with Crippen molar-refractivity contribution in [3.05, 3.63) is 11.7 Å². The molecule has 2 aromatic rings. The first-order valence-corrected chi connectivity index (χ1v) is 6.22. The number of nitrogens with two attached hydrogens (primary N) is 1. The normalized spacial score (nSPS) is 10.9. The van der Waals surface area contributed by atoms with Gasteiger partial charge in [0, 0.05) is 6.54 Å². The van der Waals surface area contributed by atoms with E-state index in [2.05, 4.69) is 32.6 Å². The Morgan fingerprint density at radius 1 is 1.35 bits per heavy atom. The zero-order valence-electron chi connectivity index (χ0n) is 9.41. The van der Waals surface area contributed by atoms with Gasteiger partial charge in [-0.15, -0.1) is 15.3 Å². The molecule has 0 atom stereocenters. The second-order valence-electron chi connectivity index (χ2n) is 3.27. The average Bonchev–Trinajstić information content (AvgIpc) is 2.95. The van der Waals surface area contributed by atoms with Gasteiger partial charge in [0.05, 0.1) is 12.3 Å². The minimum atomic E-state index is 0.251. The molecule has 2 heterocycles. The quantitative estimate of drug-likeness (QED) is 0.730. The van der Waals surface area contributed by atoms with E-state index in [1.54, 1.807) is 4.68 Å². The maximum atomic E-state index is 5.38. The molecule has 2 rings (SSSR count). The van der Waals surface area contributed by atoms with Gasteiger partial charge in [-0.05, 0) is 16.8 Å². The van der Waals surface area contributed by atoms with Crippen LogP contribution in [0.4, 0.5) is 0 Å². The number of hydrogen-bond acceptors (Lipinski definition) is 8. The summed E-state index contributed by atoms with van der Waals surface area (Å²) in [6.45, 7) is 3.13. The van der Waals surface area contributed by atoms with Crippen molar-refractivity contribution >= 4 is 11.8 Å². The highest BCUT2D eigenvalue weighted by Gasteiger charge is 2.09. The first kappa shape index (κ1) is 12.0. The van der Waals surface area contributed by atoms with Gasteiger partial charge < -0.3 is 10.2 Å². The number of thioether (sulfide) groups is 1. The van der Waals surface area contributed by atoms with Crippen LogP contribution in [0.25, 0.3) is 0 Å². The maximum Gasteiger partial charge on any atom is 0.277 e. The summed E-state index contributed by atoms with van der Waals surface area (Å²) in [7, 11) is 0. The second kappa shape index (κ2) is 5.73. The third kappa shape index (κ3) is 3.01. The van der Waals surface area contributed by atoms with Gasteiger partial charge in [-0.3, -0.25) is 0 Å². The minimum Gasteiger partial charge on any atom is -0.415 e. The third-order valence-electron chi connectivity index (χ3n) is 1.99. The van der Waals surface area contributed by atoms with Crippen molar-refractivity contribution in [1.29, 1.82) is 0 Å². The van der Waals surface area contributed by atoms with Gasteiger partial charge in [0.25, 0.3) is 5.22 Å². The largest absolute Gasteiger partial charge is 0.415 e. The van der Waals surface area contributed by atoms with Crippen molar-refractivity contribution in [3.63, 3.8) is 0 Å². The van der Waals surface area contributed by atoms with E-state index in [1.807, 2.05) is 0 Å². The van der Waals surface area contributed by atoms with Crippen LogP contribution in [0.5, 0.6) is 0 Å². The van der Waals surface area contributed by atoms with Crippen LogP contribution in [0.1, 0.15) is 25.1 Å². The lowest BCUT2D eigenvalue weighted by Gasteiger charge is -1.99.